The molecule has 2 amide bonds. The minimum atomic E-state index is -0.458. The summed E-state index contributed by atoms with van der Waals surface area (Å²) < 4.78 is 11.6. The van der Waals surface area contributed by atoms with Crippen LogP contribution in [0, 0.1) is 5.92 Å². The normalized spacial score (nSPS) is 14.3. The molecule has 2 aromatic rings. The molecule has 1 atom stereocenters. The summed E-state index contributed by atoms with van der Waals surface area (Å²) in [6.07, 6.45) is 5.59. The molecule has 184 valence electrons. The second-order valence-electron chi connectivity index (χ2n) is 8.90. The zero-order chi connectivity index (χ0) is 24.2. The first kappa shape index (κ1) is 25.4. The number of nitrogens with zero attached hydrogens (tertiary/aromatic N) is 1. The molecule has 0 spiro atoms. The number of hydrogen-bond acceptors (Lipinski definition) is 5. The number of carbonyl (C=O) groups is 2. The van der Waals surface area contributed by atoms with Crippen LogP contribution in [0.15, 0.2) is 54.6 Å². The van der Waals surface area contributed by atoms with E-state index in [0.29, 0.717) is 32.0 Å². The Hall–Kier alpha value is -3.22. The maximum atomic E-state index is 12.9. The van der Waals surface area contributed by atoms with Crippen molar-refractivity contribution < 1.29 is 19.1 Å². The number of nitrogens with one attached hydrogen (secondary N) is 2. The molecule has 1 unspecified atom stereocenters. The average molecular weight is 468 g/mol. The lowest BCUT2D eigenvalue weighted by molar-refractivity contribution is -0.121. The summed E-state index contributed by atoms with van der Waals surface area (Å²) in [6, 6.07) is 17.2. The second kappa shape index (κ2) is 13.5. The third kappa shape index (κ3) is 8.61. The summed E-state index contributed by atoms with van der Waals surface area (Å²) in [5.74, 6) is 0.991. The Balaban J connectivity index is 1.58. The fourth-order valence-corrected chi connectivity index (χ4v) is 3.99. The van der Waals surface area contributed by atoms with Gasteiger partial charge in [0.1, 0.15) is 12.4 Å². The molecule has 0 aliphatic heterocycles. The van der Waals surface area contributed by atoms with E-state index in [1.807, 2.05) is 68.4 Å². The van der Waals surface area contributed by atoms with E-state index in [4.69, 9.17) is 9.47 Å². The van der Waals surface area contributed by atoms with Crippen LogP contribution >= 0.6 is 0 Å². The predicted molar refractivity (Wildman–Crippen MR) is 133 cm³/mol. The smallest absolute Gasteiger partial charge is 0.428 e. The summed E-state index contributed by atoms with van der Waals surface area (Å²) in [6.45, 7) is 5.14. The molecule has 7 nitrogen and oxygen atoms in total. The van der Waals surface area contributed by atoms with Crippen molar-refractivity contribution >= 4 is 17.7 Å². The minimum Gasteiger partial charge on any atom is -0.490 e. The van der Waals surface area contributed by atoms with Gasteiger partial charge in [0.25, 0.3) is 0 Å². The number of ether oxygens (including phenoxy) is 2. The summed E-state index contributed by atoms with van der Waals surface area (Å²) >= 11 is 0. The van der Waals surface area contributed by atoms with Crippen LogP contribution in [0.1, 0.15) is 57.9 Å². The van der Waals surface area contributed by atoms with Crippen LogP contribution < -0.4 is 15.5 Å². The van der Waals surface area contributed by atoms with Crippen molar-refractivity contribution in [1.29, 1.82) is 0 Å². The fourth-order valence-electron chi connectivity index (χ4n) is 3.99. The van der Waals surface area contributed by atoms with Crippen molar-refractivity contribution in [3.8, 4) is 5.75 Å². The van der Waals surface area contributed by atoms with Gasteiger partial charge in [-0.05, 0) is 74.8 Å². The number of anilines is 1. The number of hydrogen-bond donors (Lipinski definition) is 2. The Morgan fingerprint density at radius 3 is 2.44 bits per heavy atom. The maximum Gasteiger partial charge on any atom is 0.428 e. The molecule has 0 radical (unpaired) electrons. The zero-order valence-electron chi connectivity index (χ0n) is 20.3. The monoisotopic (exact) mass is 467 g/mol. The molecule has 7 heteroatoms. The largest absolute Gasteiger partial charge is 0.490 e. The van der Waals surface area contributed by atoms with Gasteiger partial charge in [-0.1, -0.05) is 37.3 Å². The van der Waals surface area contributed by atoms with Crippen LogP contribution in [0.4, 0.5) is 10.5 Å². The molecule has 34 heavy (non-hydrogen) atoms. The van der Waals surface area contributed by atoms with E-state index in [2.05, 4.69) is 10.7 Å². The molecule has 1 saturated carbocycles. The zero-order valence-corrected chi connectivity index (χ0v) is 20.3. The maximum absolute atomic E-state index is 12.9. The SMILES string of the molecule is CCNC(=O)CC(C)CCN(Nc1ccc(OC2CCCC2)cc1)C(=O)OCc1ccccc1. The standard InChI is InChI=1S/C27H37N3O4/c1-3-28-26(31)19-21(2)17-18-30(27(32)33-20-22-9-5-4-6-10-22)29-23-13-15-25(16-14-23)34-24-11-7-8-12-24/h4-6,9-10,13-16,21,24,29H,3,7-8,11-12,17-20H2,1-2H3,(H,28,31). The van der Waals surface area contributed by atoms with Gasteiger partial charge in [-0.25, -0.2) is 9.80 Å². The molecule has 1 aliphatic rings. The lowest BCUT2D eigenvalue weighted by atomic mass is 10.0. The molecule has 3 rings (SSSR count). The van der Waals surface area contributed by atoms with E-state index in [9.17, 15) is 9.59 Å². The predicted octanol–water partition coefficient (Wildman–Crippen LogP) is 5.53. The van der Waals surface area contributed by atoms with Crippen LogP contribution in [0.25, 0.3) is 0 Å². The first-order valence-electron chi connectivity index (χ1n) is 12.3. The van der Waals surface area contributed by atoms with Crippen LogP contribution in [-0.4, -0.2) is 36.2 Å². The molecule has 0 heterocycles. The van der Waals surface area contributed by atoms with Crippen molar-refractivity contribution in [2.24, 2.45) is 5.92 Å². The van der Waals surface area contributed by atoms with Crippen LogP contribution in [0.2, 0.25) is 0 Å². The summed E-state index contributed by atoms with van der Waals surface area (Å²) in [5, 5.41) is 4.30. The lowest BCUT2D eigenvalue weighted by Gasteiger charge is -2.25. The Labute approximate surface area is 202 Å². The molecule has 0 bridgehead atoms. The first-order valence-corrected chi connectivity index (χ1v) is 12.3. The molecule has 2 N–H and O–H groups in total. The van der Waals surface area contributed by atoms with E-state index in [1.54, 1.807) is 0 Å². The summed E-state index contributed by atoms with van der Waals surface area (Å²) in [7, 11) is 0. The van der Waals surface area contributed by atoms with Gasteiger partial charge in [0, 0.05) is 19.5 Å². The number of benzene rings is 2. The minimum absolute atomic E-state index is 0.0269. The summed E-state index contributed by atoms with van der Waals surface area (Å²) in [5.41, 5.74) is 4.87. The van der Waals surface area contributed by atoms with Gasteiger partial charge in [0.05, 0.1) is 11.8 Å². The highest BCUT2D eigenvalue weighted by Crippen LogP contribution is 2.25. The molecular weight excluding hydrogens is 430 g/mol. The third-order valence-corrected chi connectivity index (χ3v) is 5.90. The van der Waals surface area contributed by atoms with Crippen molar-refractivity contribution in [2.75, 3.05) is 18.5 Å². The number of hydrazine groups is 1. The van der Waals surface area contributed by atoms with Gasteiger partial charge in [-0.15, -0.1) is 0 Å². The van der Waals surface area contributed by atoms with Gasteiger partial charge in [-0.2, -0.15) is 0 Å². The Bertz CT molecular complexity index is 883. The number of rotatable bonds is 12. The van der Waals surface area contributed by atoms with Crippen molar-refractivity contribution in [3.63, 3.8) is 0 Å². The Morgan fingerprint density at radius 1 is 1.06 bits per heavy atom. The highest BCUT2D eigenvalue weighted by molar-refractivity contribution is 5.76. The van der Waals surface area contributed by atoms with E-state index in [0.717, 1.165) is 29.8 Å². The second-order valence-corrected chi connectivity index (χ2v) is 8.90. The van der Waals surface area contributed by atoms with E-state index < -0.39 is 6.09 Å². The fraction of sp³-hybridized carbons (Fsp3) is 0.481. The molecule has 0 aromatic heterocycles. The topological polar surface area (TPSA) is 79.9 Å². The van der Waals surface area contributed by atoms with Gasteiger partial charge >= 0.3 is 6.09 Å². The average Bonchev–Trinajstić information content (AvgIpc) is 3.35. The number of carbonyl (C=O) groups excluding carboxylic acids is 2. The van der Waals surface area contributed by atoms with Crippen LogP contribution in [0.5, 0.6) is 5.75 Å². The van der Waals surface area contributed by atoms with Gasteiger partial charge < -0.3 is 14.8 Å². The van der Waals surface area contributed by atoms with E-state index >= 15 is 0 Å². The van der Waals surface area contributed by atoms with Crippen molar-refractivity contribution in [1.82, 2.24) is 10.3 Å². The van der Waals surface area contributed by atoms with Gasteiger partial charge in [-0.3, -0.25) is 10.2 Å². The highest BCUT2D eigenvalue weighted by Gasteiger charge is 2.19. The molecular formula is C27H37N3O4. The molecule has 2 aromatic carbocycles. The van der Waals surface area contributed by atoms with Crippen LogP contribution in [0.3, 0.4) is 0 Å². The Kier molecular flexibility index (Phi) is 10.1. The Morgan fingerprint density at radius 2 is 1.76 bits per heavy atom. The first-order chi connectivity index (χ1) is 16.5. The van der Waals surface area contributed by atoms with E-state index in [1.165, 1.54) is 17.9 Å². The molecule has 1 fully saturated rings. The quantitative estimate of drug-likeness (QED) is 0.402. The van der Waals surface area contributed by atoms with Crippen LogP contribution in [-0.2, 0) is 16.1 Å². The third-order valence-electron chi connectivity index (χ3n) is 5.90. The van der Waals surface area contributed by atoms with Crippen molar-refractivity contribution in [2.45, 2.75) is 65.1 Å². The summed E-state index contributed by atoms with van der Waals surface area (Å²) in [4.78, 5) is 24.8. The van der Waals surface area contributed by atoms with Crippen molar-refractivity contribution in [3.05, 3.63) is 60.2 Å². The highest BCUT2D eigenvalue weighted by atomic mass is 16.6. The molecule has 0 saturated heterocycles. The molecule has 1 aliphatic carbocycles. The number of amides is 2. The lowest BCUT2D eigenvalue weighted by Crippen LogP contribution is -2.38. The van der Waals surface area contributed by atoms with Gasteiger partial charge in [0.15, 0.2) is 0 Å². The van der Waals surface area contributed by atoms with Gasteiger partial charge in [0.2, 0.25) is 5.91 Å². The van der Waals surface area contributed by atoms with E-state index in [-0.39, 0.29) is 18.4 Å².